The van der Waals surface area contributed by atoms with Crippen molar-refractivity contribution < 1.29 is 24.0 Å². The van der Waals surface area contributed by atoms with E-state index in [1.807, 2.05) is 30.3 Å². The summed E-state index contributed by atoms with van der Waals surface area (Å²) in [4.78, 5) is 0. The van der Waals surface area contributed by atoms with Gasteiger partial charge in [0.15, 0.2) is 0 Å². The molecular formula is C13H21O5P. The van der Waals surface area contributed by atoms with Crippen LogP contribution in [0.25, 0.3) is 0 Å². The van der Waals surface area contributed by atoms with Crippen molar-refractivity contribution in [1.82, 2.24) is 0 Å². The highest BCUT2D eigenvalue weighted by Gasteiger charge is 2.32. The molecule has 0 heterocycles. The van der Waals surface area contributed by atoms with Crippen molar-refractivity contribution in [2.75, 3.05) is 13.7 Å². The summed E-state index contributed by atoms with van der Waals surface area (Å²) in [5.74, 6) is 0.720. The molecule has 0 saturated heterocycles. The van der Waals surface area contributed by atoms with Crippen LogP contribution in [-0.4, -0.2) is 41.7 Å². The smallest absolute Gasteiger partial charge is 0.215 e. The quantitative estimate of drug-likeness (QED) is 0.563. The molecule has 0 spiro atoms. The van der Waals surface area contributed by atoms with Gasteiger partial charge in [0.05, 0.1) is 12.2 Å². The van der Waals surface area contributed by atoms with Gasteiger partial charge in [-0.3, -0.25) is 0 Å². The van der Waals surface area contributed by atoms with Crippen molar-refractivity contribution >= 4 is 9.03 Å². The number of hydrogen-bond donors (Lipinski definition) is 2. The van der Waals surface area contributed by atoms with Crippen molar-refractivity contribution in [3.63, 3.8) is 0 Å². The molecule has 0 aliphatic rings. The number of aliphatic hydroxyl groups excluding tert-OH is 1. The summed E-state index contributed by atoms with van der Waals surface area (Å²) in [5.41, 5.74) is -1.24. The predicted octanol–water partition coefficient (Wildman–Crippen LogP) is 1.74. The molecule has 2 N–H and O–H groups in total. The summed E-state index contributed by atoms with van der Waals surface area (Å²) >= 11 is 0. The molecule has 1 aromatic rings. The number of hydrogen-bond acceptors (Lipinski definition) is 5. The molecule has 19 heavy (non-hydrogen) atoms. The molecule has 1 aromatic carbocycles. The third-order valence-corrected chi connectivity index (χ3v) is 3.19. The topological polar surface area (TPSA) is 68.2 Å². The molecule has 108 valence electrons. The largest absolute Gasteiger partial charge is 0.450 e. The Bertz CT molecular complexity index is 352. The van der Waals surface area contributed by atoms with Gasteiger partial charge in [0, 0.05) is 7.11 Å². The Kier molecular flexibility index (Phi) is 6.69. The van der Waals surface area contributed by atoms with Crippen LogP contribution >= 0.6 is 9.03 Å². The third kappa shape index (κ3) is 5.85. The fourth-order valence-electron chi connectivity index (χ4n) is 1.43. The Balaban J connectivity index is 2.31. The number of aliphatic hydroxyl groups is 2. The standard InChI is InChI=1S/C13H21O5P/c1-13(2,15)12(14)11(16-3)9-17-19-18-10-7-5-4-6-8-10/h4-8,11-12,14-15,19H,9H2,1-3H3/t11-,12?/m1/s1. The first-order valence-electron chi connectivity index (χ1n) is 5.97. The van der Waals surface area contributed by atoms with Crippen LogP contribution in [0.15, 0.2) is 30.3 Å². The Labute approximate surface area is 115 Å². The average Bonchev–Trinajstić information content (AvgIpc) is 2.38. The van der Waals surface area contributed by atoms with Crippen LogP contribution in [-0.2, 0) is 9.26 Å². The Morgan fingerprint density at radius 1 is 1.26 bits per heavy atom. The minimum Gasteiger partial charge on any atom is -0.450 e. The van der Waals surface area contributed by atoms with Gasteiger partial charge in [-0.05, 0) is 26.0 Å². The van der Waals surface area contributed by atoms with Crippen LogP contribution in [0.3, 0.4) is 0 Å². The van der Waals surface area contributed by atoms with E-state index in [9.17, 15) is 10.2 Å². The van der Waals surface area contributed by atoms with Gasteiger partial charge in [-0.2, -0.15) is 0 Å². The van der Waals surface area contributed by atoms with E-state index >= 15 is 0 Å². The second-order valence-electron chi connectivity index (χ2n) is 4.68. The van der Waals surface area contributed by atoms with Gasteiger partial charge in [-0.1, -0.05) is 18.2 Å². The highest BCUT2D eigenvalue weighted by atomic mass is 31.1. The van der Waals surface area contributed by atoms with Gasteiger partial charge in [0.25, 0.3) is 0 Å². The van der Waals surface area contributed by atoms with Gasteiger partial charge in [-0.15, -0.1) is 0 Å². The maximum absolute atomic E-state index is 9.87. The second-order valence-corrected chi connectivity index (χ2v) is 5.34. The summed E-state index contributed by atoms with van der Waals surface area (Å²) in [7, 11) is 1.27. The molecule has 0 aliphatic carbocycles. The predicted molar refractivity (Wildman–Crippen MR) is 74.4 cm³/mol. The van der Waals surface area contributed by atoms with Gasteiger partial charge in [0.2, 0.25) is 9.03 Å². The number of methoxy groups -OCH3 is 1. The SMILES string of the molecule is CO[C@H](COPOc1ccccc1)C(O)C(C)(C)O. The third-order valence-electron chi connectivity index (χ3n) is 2.59. The lowest BCUT2D eigenvalue weighted by Gasteiger charge is -2.30. The monoisotopic (exact) mass is 288 g/mol. The maximum atomic E-state index is 9.87. The van der Waals surface area contributed by atoms with E-state index in [0.29, 0.717) is 0 Å². The highest BCUT2D eigenvalue weighted by molar-refractivity contribution is 7.26. The normalized spacial score (nSPS) is 15.6. The van der Waals surface area contributed by atoms with Crippen LogP contribution in [0, 0.1) is 0 Å². The molecule has 0 fully saturated rings. The average molecular weight is 288 g/mol. The minimum atomic E-state index is -1.24. The van der Waals surface area contributed by atoms with E-state index in [4.69, 9.17) is 13.8 Å². The molecule has 2 unspecified atom stereocenters. The Morgan fingerprint density at radius 3 is 2.42 bits per heavy atom. The molecule has 0 aliphatic heterocycles. The molecule has 0 radical (unpaired) electrons. The van der Waals surface area contributed by atoms with E-state index in [1.165, 1.54) is 21.0 Å². The molecule has 0 bridgehead atoms. The molecule has 3 atom stereocenters. The van der Waals surface area contributed by atoms with E-state index in [-0.39, 0.29) is 15.6 Å². The summed E-state index contributed by atoms with van der Waals surface area (Å²) in [6.45, 7) is 3.19. The first-order chi connectivity index (χ1) is 8.95. The van der Waals surface area contributed by atoms with Gasteiger partial charge in [-0.25, -0.2) is 0 Å². The lowest BCUT2D eigenvalue weighted by molar-refractivity contribution is -0.125. The van der Waals surface area contributed by atoms with Crippen molar-refractivity contribution in [2.45, 2.75) is 31.7 Å². The molecule has 1 rings (SSSR count). The number of para-hydroxylation sites is 1. The summed E-state index contributed by atoms with van der Waals surface area (Å²) < 4.78 is 15.8. The fraction of sp³-hybridized carbons (Fsp3) is 0.538. The number of rotatable bonds is 8. The lowest BCUT2D eigenvalue weighted by Crippen LogP contribution is -2.47. The van der Waals surface area contributed by atoms with E-state index < -0.39 is 17.8 Å². The summed E-state index contributed by atoms with van der Waals surface area (Å²) in [6, 6.07) is 9.30. The number of benzene rings is 1. The van der Waals surface area contributed by atoms with Gasteiger partial charge in [0.1, 0.15) is 18.0 Å². The van der Waals surface area contributed by atoms with Crippen LogP contribution < -0.4 is 4.52 Å². The maximum Gasteiger partial charge on any atom is 0.215 e. The Morgan fingerprint density at radius 2 is 1.89 bits per heavy atom. The van der Waals surface area contributed by atoms with E-state index in [2.05, 4.69) is 0 Å². The van der Waals surface area contributed by atoms with E-state index in [1.54, 1.807) is 0 Å². The molecule has 6 heteroatoms. The first-order valence-corrected chi connectivity index (χ1v) is 6.78. The molecule has 0 saturated carbocycles. The minimum absolute atomic E-state index is 0.146. The molecular weight excluding hydrogens is 267 g/mol. The zero-order valence-electron chi connectivity index (χ0n) is 11.4. The van der Waals surface area contributed by atoms with Gasteiger partial charge < -0.3 is 24.0 Å². The highest BCUT2D eigenvalue weighted by Crippen LogP contribution is 2.22. The van der Waals surface area contributed by atoms with Crippen LogP contribution in [0.1, 0.15) is 13.8 Å². The summed E-state index contributed by atoms with van der Waals surface area (Å²) in [5, 5.41) is 19.6. The molecule has 0 aromatic heterocycles. The van der Waals surface area contributed by atoms with Crippen molar-refractivity contribution in [3.05, 3.63) is 30.3 Å². The van der Waals surface area contributed by atoms with Crippen LogP contribution in [0.5, 0.6) is 5.75 Å². The van der Waals surface area contributed by atoms with Crippen LogP contribution in [0.4, 0.5) is 0 Å². The Hall–Kier alpha value is -0.710. The fourth-order valence-corrected chi connectivity index (χ4v) is 1.95. The summed E-state index contributed by atoms with van der Waals surface area (Å²) in [6.07, 6.45) is -1.63. The first kappa shape index (κ1) is 16.3. The number of ether oxygens (including phenoxy) is 1. The molecule has 5 nitrogen and oxygen atoms in total. The van der Waals surface area contributed by atoms with Crippen molar-refractivity contribution in [1.29, 1.82) is 0 Å². The molecule has 0 amide bonds. The zero-order chi connectivity index (χ0) is 14.3. The van der Waals surface area contributed by atoms with Crippen molar-refractivity contribution in [2.24, 2.45) is 0 Å². The second kappa shape index (κ2) is 7.78. The lowest BCUT2D eigenvalue weighted by atomic mass is 9.97. The van der Waals surface area contributed by atoms with Crippen molar-refractivity contribution in [3.8, 4) is 5.75 Å². The van der Waals surface area contributed by atoms with E-state index in [0.717, 1.165) is 5.75 Å². The zero-order valence-corrected chi connectivity index (χ0v) is 12.4. The van der Waals surface area contributed by atoms with Crippen LogP contribution in [0.2, 0.25) is 0 Å². The van der Waals surface area contributed by atoms with Gasteiger partial charge >= 0.3 is 0 Å².